The monoisotopic (exact) mass is 298 g/mol. The summed E-state index contributed by atoms with van der Waals surface area (Å²) in [5, 5.41) is 21.8. The fraction of sp³-hybridized carbons (Fsp3) is 0.938. The number of β-amino-alcohol motifs (C(OH)–C–C–N with tert-alkyl or cyclic N) is 1. The SMILES string of the molecule is O=C(O)CC1CC(NCC2CCCCC2)CN(CCO)C1. The first-order valence-corrected chi connectivity index (χ1v) is 8.45. The van der Waals surface area contributed by atoms with Crippen molar-refractivity contribution in [2.45, 2.75) is 51.0 Å². The third-order valence-electron chi connectivity index (χ3n) is 4.91. The van der Waals surface area contributed by atoms with Crippen LogP contribution in [0.2, 0.25) is 0 Å². The average Bonchev–Trinajstić information content (AvgIpc) is 2.46. The van der Waals surface area contributed by atoms with E-state index in [0.717, 1.165) is 32.0 Å². The van der Waals surface area contributed by atoms with E-state index < -0.39 is 5.97 Å². The Bertz CT molecular complexity index is 319. The Balaban J connectivity index is 1.79. The second-order valence-corrected chi connectivity index (χ2v) is 6.79. The van der Waals surface area contributed by atoms with Crippen LogP contribution in [0.1, 0.15) is 44.9 Å². The molecule has 2 atom stereocenters. The number of hydrogen-bond acceptors (Lipinski definition) is 4. The predicted octanol–water partition coefficient (Wildman–Crippen LogP) is 1.31. The van der Waals surface area contributed by atoms with Crippen LogP contribution in [0.3, 0.4) is 0 Å². The molecule has 2 fully saturated rings. The van der Waals surface area contributed by atoms with Crippen LogP contribution in [0.4, 0.5) is 0 Å². The molecule has 0 radical (unpaired) electrons. The van der Waals surface area contributed by atoms with E-state index in [4.69, 9.17) is 10.2 Å². The van der Waals surface area contributed by atoms with Gasteiger partial charge in [-0.25, -0.2) is 0 Å². The highest BCUT2D eigenvalue weighted by molar-refractivity contribution is 5.67. The van der Waals surface area contributed by atoms with Crippen molar-refractivity contribution in [2.75, 3.05) is 32.8 Å². The Morgan fingerprint density at radius 2 is 1.90 bits per heavy atom. The first kappa shape index (κ1) is 16.7. The third kappa shape index (κ3) is 5.93. The lowest BCUT2D eigenvalue weighted by molar-refractivity contribution is -0.138. The van der Waals surface area contributed by atoms with Gasteiger partial charge in [-0.05, 0) is 37.6 Å². The smallest absolute Gasteiger partial charge is 0.303 e. The van der Waals surface area contributed by atoms with E-state index in [1.165, 1.54) is 32.1 Å². The van der Waals surface area contributed by atoms with Gasteiger partial charge in [-0.15, -0.1) is 0 Å². The minimum Gasteiger partial charge on any atom is -0.481 e. The zero-order valence-corrected chi connectivity index (χ0v) is 13.0. The van der Waals surface area contributed by atoms with Crippen LogP contribution >= 0.6 is 0 Å². The van der Waals surface area contributed by atoms with Gasteiger partial charge in [-0.3, -0.25) is 9.69 Å². The van der Waals surface area contributed by atoms with Gasteiger partial charge in [0, 0.05) is 32.1 Å². The van der Waals surface area contributed by atoms with Gasteiger partial charge in [0.1, 0.15) is 0 Å². The lowest BCUT2D eigenvalue weighted by atomic mass is 9.88. The van der Waals surface area contributed by atoms with Gasteiger partial charge in [0.05, 0.1) is 6.61 Å². The third-order valence-corrected chi connectivity index (χ3v) is 4.91. The molecule has 1 saturated heterocycles. The van der Waals surface area contributed by atoms with Crippen molar-refractivity contribution >= 4 is 5.97 Å². The molecular weight excluding hydrogens is 268 g/mol. The standard InChI is InChI=1S/C16H30N2O3/c19-7-6-18-11-14(9-16(20)21)8-15(12-18)17-10-13-4-2-1-3-5-13/h13-15,17,19H,1-12H2,(H,20,21). The summed E-state index contributed by atoms with van der Waals surface area (Å²) in [6.07, 6.45) is 7.94. The van der Waals surface area contributed by atoms with E-state index in [1.807, 2.05) is 0 Å². The Kier molecular flexibility index (Phi) is 6.93. The topological polar surface area (TPSA) is 72.8 Å². The van der Waals surface area contributed by atoms with Gasteiger partial charge in [-0.1, -0.05) is 19.3 Å². The number of aliphatic carboxylic acids is 1. The van der Waals surface area contributed by atoms with Crippen molar-refractivity contribution in [3.8, 4) is 0 Å². The number of aliphatic hydroxyl groups excluding tert-OH is 1. The highest BCUT2D eigenvalue weighted by Crippen LogP contribution is 2.24. The summed E-state index contributed by atoms with van der Waals surface area (Å²) in [6.45, 7) is 3.60. The zero-order valence-electron chi connectivity index (χ0n) is 13.0. The minimum absolute atomic E-state index is 0.148. The molecular formula is C16H30N2O3. The molecule has 1 heterocycles. The molecule has 21 heavy (non-hydrogen) atoms. The summed E-state index contributed by atoms with van der Waals surface area (Å²) >= 11 is 0. The van der Waals surface area contributed by atoms with Crippen LogP contribution in [0, 0.1) is 11.8 Å². The fourth-order valence-electron chi connectivity index (χ4n) is 3.89. The van der Waals surface area contributed by atoms with Crippen LogP contribution in [0.5, 0.6) is 0 Å². The number of carboxylic acids is 1. The molecule has 0 aromatic heterocycles. The summed E-state index contributed by atoms with van der Waals surface area (Å²) in [4.78, 5) is 13.2. The Morgan fingerprint density at radius 3 is 2.57 bits per heavy atom. The molecule has 0 bridgehead atoms. The van der Waals surface area contributed by atoms with Gasteiger partial charge in [0.2, 0.25) is 0 Å². The van der Waals surface area contributed by atoms with Gasteiger partial charge in [0.25, 0.3) is 0 Å². The summed E-state index contributed by atoms with van der Waals surface area (Å²) in [5.41, 5.74) is 0. The van der Waals surface area contributed by atoms with Crippen molar-refractivity contribution in [2.24, 2.45) is 11.8 Å². The van der Waals surface area contributed by atoms with Gasteiger partial charge < -0.3 is 15.5 Å². The molecule has 2 aliphatic rings. The van der Waals surface area contributed by atoms with Gasteiger partial charge in [-0.2, -0.15) is 0 Å². The lowest BCUT2D eigenvalue weighted by Crippen LogP contribution is -2.51. The molecule has 0 spiro atoms. The van der Waals surface area contributed by atoms with Crippen molar-refractivity contribution in [3.63, 3.8) is 0 Å². The molecule has 122 valence electrons. The molecule has 0 aromatic rings. The van der Waals surface area contributed by atoms with Crippen LogP contribution < -0.4 is 5.32 Å². The van der Waals surface area contributed by atoms with Crippen molar-refractivity contribution in [3.05, 3.63) is 0 Å². The van der Waals surface area contributed by atoms with Crippen LogP contribution in [-0.2, 0) is 4.79 Å². The van der Waals surface area contributed by atoms with Crippen molar-refractivity contribution in [1.29, 1.82) is 0 Å². The molecule has 5 nitrogen and oxygen atoms in total. The average molecular weight is 298 g/mol. The van der Waals surface area contributed by atoms with E-state index in [-0.39, 0.29) is 18.9 Å². The number of nitrogens with one attached hydrogen (secondary N) is 1. The second-order valence-electron chi connectivity index (χ2n) is 6.79. The second kappa shape index (κ2) is 8.71. The van der Waals surface area contributed by atoms with E-state index in [9.17, 15) is 4.79 Å². The van der Waals surface area contributed by atoms with E-state index in [1.54, 1.807) is 0 Å². The molecule has 3 N–H and O–H groups in total. The number of carbonyl (C=O) groups is 1. The summed E-state index contributed by atoms with van der Waals surface area (Å²) in [6, 6.07) is 0.372. The first-order valence-electron chi connectivity index (χ1n) is 8.45. The summed E-state index contributed by atoms with van der Waals surface area (Å²) in [7, 11) is 0. The van der Waals surface area contributed by atoms with Crippen molar-refractivity contribution in [1.82, 2.24) is 10.2 Å². The van der Waals surface area contributed by atoms with E-state index >= 15 is 0 Å². The number of carboxylic acid groups (broad SMARTS) is 1. The lowest BCUT2D eigenvalue weighted by Gasteiger charge is -2.38. The number of piperidine rings is 1. The summed E-state index contributed by atoms with van der Waals surface area (Å²) in [5.74, 6) is 0.286. The highest BCUT2D eigenvalue weighted by Gasteiger charge is 2.28. The van der Waals surface area contributed by atoms with E-state index in [2.05, 4.69) is 10.2 Å². The quantitative estimate of drug-likeness (QED) is 0.661. The molecule has 0 amide bonds. The Hall–Kier alpha value is -0.650. The number of hydrogen-bond donors (Lipinski definition) is 3. The van der Waals surface area contributed by atoms with Gasteiger partial charge >= 0.3 is 5.97 Å². The van der Waals surface area contributed by atoms with Crippen LogP contribution in [0.15, 0.2) is 0 Å². The molecule has 1 aliphatic heterocycles. The number of aliphatic hydroxyl groups is 1. The Morgan fingerprint density at radius 1 is 1.14 bits per heavy atom. The molecule has 2 rings (SSSR count). The number of likely N-dealkylation sites (tertiary alicyclic amines) is 1. The first-order chi connectivity index (χ1) is 10.2. The fourth-order valence-corrected chi connectivity index (χ4v) is 3.89. The summed E-state index contributed by atoms with van der Waals surface area (Å²) < 4.78 is 0. The van der Waals surface area contributed by atoms with Crippen LogP contribution in [0.25, 0.3) is 0 Å². The number of rotatable bonds is 7. The van der Waals surface area contributed by atoms with Gasteiger partial charge in [0.15, 0.2) is 0 Å². The zero-order chi connectivity index (χ0) is 15.1. The maximum absolute atomic E-state index is 11.0. The van der Waals surface area contributed by atoms with E-state index in [0.29, 0.717) is 12.6 Å². The van der Waals surface area contributed by atoms with Crippen LogP contribution in [-0.4, -0.2) is 59.9 Å². The number of nitrogens with zero attached hydrogens (tertiary/aromatic N) is 1. The van der Waals surface area contributed by atoms with Crippen molar-refractivity contribution < 1.29 is 15.0 Å². The molecule has 1 aliphatic carbocycles. The molecule has 1 saturated carbocycles. The predicted molar refractivity (Wildman–Crippen MR) is 82.3 cm³/mol. The molecule has 0 aromatic carbocycles. The molecule has 5 heteroatoms. The largest absolute Gasteiger partial charge is 0.481 e. The Labute approximate surface area is 127 Å². The normalized spacial score (nSPS) is 28.6. The maximum atomic E-state index is 11.0. The molecule has 2 unspecified atom stereocenters. The minimum atomic E-state index is -0.711. The highest BCUT2D eigenvalue weighted by atomic mass is 16.4. The maximum Gasteiger partial charge on any atom is 0.303 e.